The first-order valence-corrected chi connectivity index (χ1v) is 8.18. The van der Waals surface area contributed by atoms with Crippen molar-refractivity contribution in [3.63, 3.8) is 0 Å². The van der Waals surface area contributed by atoms with E-state index in [0.717, 1.165) is 24.3 Å². The molecule has 0 spiro atoms. The van der Waals surface area contributed by atoms with E-state index in [1.165, 1.54) is 0 Å². The normalized spacial score (nSPS) is 26.4. The summed E-state index contributed by atoms with van der Waals surface area (Å²) in [5.41, 5.74) is 7.39. The first-order chi connectivity index (χ1) is 10.6. The van der Waals surface area contributed by atoms with Crippen LogP contribution in [-0.2, 0) is 12.1 Å². The standard InChI is InChI=1S/C16H28N6O/c1-10-7-20(6)15(2,3)9-21(10)14(23)22-8-11-12(16(22,4)5)18-19-13(11)17/h10H,7-9H2,1-6H3,(H3,17,18,19)/t10-/m0/s1. The number of fused-ring (bicyclic) bond motifs is 1. The number of urea groups is 1. The van der Waals surface area contributed by atoms with Crippen LogP contribution in [0.3, 0.4) is 0 Å². The molecule has 7 nitrogen and oxygen atoms in total. The Hall–Kier alpha value is -1.76. The van der Waals surface area contributed by atoms with Gasteiger partial charge >= 0.3 is 6.03 Å². The number of likely N-dealkylation sites (N-methyl/N-ethyl adjacent to an activating group) is 1. The second-order valence-electron chi connectivity index (χ2n) is 8.06. The Morgan fingerprint density at radius 3 is 2.61 bits per heavy atom. The number of aromatic amines is 1. The van der Waals surface area contributed by atoms with E-state index in [9.17, 15) is 4.79 Å². The molecule has 0 bridgehead atoms. The summed E-state index contributed by atoms with van der Waals surface area (Å²) < 4.78 is 0. The third-order valence-electron chi connectivity index (χ3n) is 5.64. The lowest BCUT2D eigenvalue weighted by Crippen LogP contribution is -2.65. The second kappa shape index (κ2) is 4.87. The summed E-state index contributed by atoms with van der Waals surface area (Å²) in [5.74, 6) is 0.495. The highest BCUT2D eigenvalue weighted by atomic mass is 16.2. The van der Waals surface area contributed by atoms with E-state index >= 15 is 0 Å². The second-order valence-corrected chi connectivity index (χ2v) is 8.06. The SMILES string of the molecule is C[C@H]1CN(C)C(C)(C)CN1C(=O)N1Cc2c(N)n[nH]c2C1(C)C. The molecule has 1 atom stereocenters. The molecule has 3 rings (SSSR count). The highest BCUT2D eigenvalue weighted by molar-refractivity contribution is 5.77. The highest BCUT2D eigenvalue weighted by Crippen LogP contribution is 2.40. The number of aromatic nitrogens is 2. The van der Waals surface area contributed by atoms with E-state index in [4.69, 9.17) is 5.73 Å². The van der Waals surface area contributed by atoms with E-state index < -0.39 is 5.54 Å². The molecule has 0 aromatic carbocycles. The van der Waals surface area contributed by atoms with Gasteiger partial charge in [0.05, 0.1) is 17.8 Å². The summed E-state index contributed by atoms with van der Waals surface area (Å²) in [6, 6.07) is 0.262. The van der Waals surface area contributed by atoms with E-state index in [1.54, 1.807) is 0 Å². The minimum atomic E-state index is -0.426. The predicted octanol–water partition coefficient (Wildman–Crippen LogP) is 1.58. The van der Waals surface area contributed by atoms with Crippen molar-refractivity contribution >= 4 is 11.8 Å². The molecular weight excluding hydrogens is 292 g/mol. The average molecular weight is 320 g/mol. The zero-order valence-corrected chi connectivity index (χ0v) is 15.0. The Balaban J connectivity index is 1.87. The van der Waals surface area contributed by atoms with Crippen molar-refractivity contribution in [3.05, 3.63) is 11.3 Å². The van der Waals surface area contributed by atoms with Crippen LogP contribution in [0.5, 0.6) is 0 Å². The van der Waals surface area contributed by atoms with E-state index in [0.29, 0.717) is 12.4 Å². The van der Waals surface area contributed by atoms with Crippen LogP contribution in [0.4, 0.5) is 10.6 Å². The monoisotopic (exact) mass is 320 g/mol. The van der Waals surface area contributed by atoms with Gasteiger partial charge in [-0.3, -0.25) is 10.00 Å². The molecule has 1 aromatic rings. The van der Waals surface area contributed by atoms with Crippen LogP contribution >= 0.6 is 0 Å². The molecule has 7 heteroatoms. The topological polar surface area (TPSA) is 81.5 Å². The maximum absolute atomic E-state index is 13.3. The number of rotatable bonds is 0. The molecule has 0 saturated carbocycles. The summed E-state index contributed by atoms with van der Waals surface area (Å²) in [6.07, 6.45) is 0. The summed E-state index contributed by atoms with van der Waals surface area (Å²) in [6.45, 7) is 12.7. The molecule has 3 heterocycles. The molecular formula is C16H28N6O. The van der Waals surface area contributed by atoms with Crippen LogP contribution in [0.2, 0.25) is 0 Å². The van der Waals surface area contributed by atoms with Gasteiger partial charge in [-0.15, -0.1) is 0 Å². The molecule has 1 fully saturated rings. The number of carbonyl (C=O) groups excluding carboxylic acids is 1. The van der Waals surface area contributed by atoms with Crippen LogP contribution in [0.25, 0.3) is 0 Å². The summed E-state index contributed by atoms with van der Waals surface area (Å²) in [4.78, 5) is 19.5. The zero-order chi connectivity index (χ0) is 17.2. The number of carbonyl (C=O) groups is 1. The third-order valence-corrected chi connectivity index (χ3v) is 5.64. The molecule has 2 amide bonds. The fourth-order valence-electron chi connectivity index (χ4n) is 3.69. The van der Waals surface area contributed by atoms with Gasteiger partial charge in [0.2, 0.25) is 0 Å². The van der Waals surface area contributed by atoms with Crippen LogP contribution in [0.1, 0.15) is 45.9 Å². The third kappa shape index (κ3) is 2.29. The van der Waals surface area contributed by atoms with Crippen LogP contribution in [0.15, 0.2) is 0 Å². The number of amides is 2. The van der Waals surface area contributed by atoms with Crippen LogP contribution in [0, 0.1) is 0 Å². The van der Waals surface area contributed by atoms with Gasteiger partial charge in [-0.2, -0.15) is 5.10 Å². The maximum Gasteiger partial charge on any atom is 0.321 e. The van der Waals surface area contributed by atoms with Crippen molar-refractivity contribution in [2.75, 3.05) is 25.9 Å². The Labute approximate surface area is 137 Å². The Morgan fingerprint density at radius 2 is 2.00 bits per heavy atom. The molecule has 1 aromatic heterocycles. The Bertz CT molecular complexity index is 635. The number of nitrogen functional groups attached to an aromatic ring is 1. The molecule has 128 valence electrons. The predicted molar refractivity (Wildman–Crippen MR) is 89.8 cm³/mol. The van der Waals surface area contributed by atoms with Crippen molar-refractivity contribution in [2.45, 2.75) is 58.3 Å². The van der Waals surface area contributed by atoms with E-state index in [-0.39, 0.29) is 17.6 Å². The molecule has 3 N–H and O–H groups in total. The lowest BCUT2D eigenvalue weighted by molar-refractivity contribution is 0.00695. The first-order valence-electron chi connectivity index (χ1n) is 8.18. The summed E-state index contributed by atoms with van der Waals surface area (Å²) >= 11 is 0. The maximum atomic E-state index is 13.3. The van der Waals surface area contributed by atoms with Crippen LogP contribution < -0.4 is 5.73 Å². The van der Waals surface area contributed by atoms with Crippen molar-refractivity contribution < 1.29 is 4.79 Å². The average Bonchev–Trinajstić information content (AvgIpc) is 2.93. The Kier molecular flexibility index (Phi) is 3.41. The van der Waals surface area contributed by atoms with Gasteiger partial charge in [-0.1, -0.05) is 0 Å². The molecule has 0 unspecified atom stereocenters. The number of nitrogens with zero attached hydrogens (tertiary/aromatic N) is 4. The molecule has 2 aliphatic heterocycles. The van der Waals surface area contributed by atoms with Crippen LogP contribution in [-0.4, -0.2) is 62.6 Å². The van der Waals surface area contributed by atoms with Gasteiger partial charge < -0.3 is 15.5 Å². The number of hydrogen-bond acceptors (Lipinski definition) is 4. The van der Waals surface area contributed by atoms with Crippen molar-refractivity contribution in [1.82, 2.24) is 24.9 Å². The molecule has 23 heavy (non-hydrogen) atoms. The zero-order valence-electron chi connectivity index (χ0n) is 15.0. The van der Waals surface area contributed by atoms with E-state index in [1.807, 2.05) is 23.6 Å². The first kappa shape index (κ1) is 16.1. The lowest BCUT2D eigenvalue weighted by Gasteiger charge is -2.50. The van der Waals surface area contributed by atoms with Gasteiger partial charge in [-0.25, -0.2) is 4.79 Å². The number of piperazine rings is 1. The molecule has 0 aliphatic carbocycles. The molecule has 1 saturated heterocycles. The van der Waals surface area contributed by atoms with Gasteiger partial charge in [-0.05, 0) is 41.7 Å². The largest absolute Gasteiger partial charge is 0.382 e. The Morgan fingerprint density at radius 1 is 1.35 bits per heavy atom. The number of hydrogen-bond donors (Lipinski definition) is 2. The number of H-pyrrole nitrogens is 1. The number of nitrogens with two attached hydrogens (primary N) is 1. The lowest BCUT2D eigenvalue weighted by atomic mass is 9.96. The van der Waals surface area contributed by atoms with Crippen molar-refractivity contribution in [3.8, 4) is 0 Å². The molecule has 0 radical (unpaired) electrons. The van der Waals surface area contributed by atoms with Gasteiger partial charge in [0.25, 0.3) is 0 Å². The van der Waals surface area contributed by atoms with Gasteiger partial charge in [0, 0.05) is 30.2 Å². The van der Waals surface area contributed by atoms with Gasteiger partial charge in [0.15, 0.2) is 5.82 Å². The van der Waals surface area contributed by atoms with E-state index in [2.05, 4.69) is 42.9 Å². The highest BCUT2D eigenvalue weighted by Gasteiger charge is 2.47. The minimum absolute atomic E-state index is 0.0269. The smallest absolute Gasteiger partial charge is 0.321 e. The quantitative estimate of drug-likeness (QED) is 0.760. The van der Waals surface area contributed by atoms with Crippen molar-refractivity contribution in [1.29, 1.82) is 0 Å². The molecule has 2 aliphatic rings. The number of anilines is 1. The fourth-order valence-corrected chi connectivity index (χ4v) is 3.69. The number of nitrogens with one attached hydrogen (secondary N) is 1. The summed E-state index contributed by atoms with van der Waals surface area (Å²) in [7, 11) is 2.12. The van der Waals surface area contributed by atoms with Crippen molar-refractivity contribution in [2.24, 2.45) is 0 Å². The minimum Gasteiger partial charge on any atom is -0.382 e. The summed E-state index contributed by atoms with van der Waals surface area (Å²) in [5, 5.41) is 7.09. The van der Waals surface area contributed by atoms with Gasteiger partial charge in [0.1, 0.15) is 0 Å². The fraction of sp³-hybridized carbons (Fsp3) is 0.750.